The quantitative estimate of drug-likeness (QED) is 0.557. The molecule has 1 fully saturated rings. The Balaban J connectivity index is 2.22. The molecule has 0 aliphatic carbocycles. The van der Waals surface area contributed by atoms with Gasteiger partial charge in [0.15, 0.2) is 0 Å². The van der Waals surface area contributed by atoms with Crippen molar-refractivity contribution in [3.05, 3.63) is 0 Å². The van der Waals surface area contributed by atoms with Crippen LogP contribution in [0.2, 0.25) is 0 Å². The average molecular weight is 128 g/mol. The lowest BCUT2D eigenvalue weighted by molar-refractivity contribution is -0.119. The number of hydrogen-bond acceptors (Lipinski definition) is 2. The van der Waals surface area contributed by atoms with Crippen LogP contribution >= 0.6 is 0 Å². The molecule has 1 atom stereocenters. The molecule has 0 spiro atoms. The molecule has 1 aliphatic rings. The van der Waals surface area contributed by atoms with Crippen molar-refractivity contribution in [2.24, 2.45) is 0 Å². The van der Waals surface area contributed by atoms with E-state index in [4.69, 9.17) is 0 Å². The summed E-state index contributed by atoms with van der Waals surface area (Å²) < 4.78 is 0. The summed E-state index contributed by atoms with van der Waals surface area (Å²) in [5, 5.41) is 0. The normalized spacial score (nSPS) is 26.3. The molecule has 1 saturated heterocycles. The zero-order valence-corrected chi connectivity index (χ0v) is 5.61. The van der Waals surface area contributed by atoms with Crippen molar-refractivity contribution in [3.8, 4) is 0 Å². The van der Waals surface area contributed by atoms with Crippen LogP contribution in [0, 0.1) is 0 Å². The molecule has 1 rings (SSSR count). The first kappa shape index (κ1) is 6.55. The molecule has 1 heterocycles. The Morgan fingerprint density at radius 3 is 3.00 bits per heavy atom. The topological polar surface area (TPSA) is 41.1 Å². The van der Waals surface area contributed by atoms with Crippen LogP contribution in [0.5, 0.6) is 0 Å². The molecule has 0 aromatic rings. The van der Waals surface area contributed by atoms with Crippen molar-refractivity contribution in [1.82, 2.24) is 10.9 Å². The third-order valence-corrected chi connectivity index (χ3v) is 1.48. The van der Waals surface area contributed by atoms with Gasteiger partial charge in [-0.1, -0.05) is 13.3 Å². The highest BCUT2D eigenvalue weighted by atomic mass is 16.2. The van der Waals surface area contributed by atoms with Gasteiger partial charge in [0.2, 0.25) is 5.91 Å². The highest BCUT2D eigenvalue weighted by Crippen LogP contribution is 2.04. The van der Waals surface area contributed by atoms with Gasteiger partial charge >= 0.3 is 0 Å². The summed E-state index contributed by atoms with van der Waals surface area (Å²) in [4.78, 5) is 10.6. The maximum Gasteiger partial charge on any atom is 0.235 e. The standard InChI is InChI=1S/C6H12N2O/c1-2-3-5-4-6(9)8-7-5/h5,7H,2-4H2,1H3,(H,8,9). The summed E-state index contributed by atoms with van der Waals surface area (Å²) in [6, 6.07) is 0.377. The zero-order chi connectivity index (χ0) is 6.69. The maximum atomic E-state index is 10.6. The first-order valence-corrected chi connectivity index (χ1v) is 3.37. The minimum atomic E-state index is 0.119. The molecule has 0 radical (unpaired) electrons. The van der Waals surface area contributed by atoms with E-state index in [0.29, 0.717) is 12.5 Å². The molecular weight excluding hydrogens is 116 g/mol. The number of carbonyl (C=O) groups is 1. The molecule has 0 aromatic heterocycles. The van der Waals surface area contributed by atoms with E-state index in [-0.39, 0.29) is 5.91 Å². The van der Waals surface area contributed by atoms with Crippen LogP contribution in [0.4, 0.5) is 0 Å². The monoisotopic (exact) mass is 128 g/mol. The van der Waals surface area contributed by atoms with Crippen molar-refractivity contribution in [1.29, 1.82) is 0 Å². The van der Waals surface area contributed by atoms with E-state index < -0.39 is 0 Å². The lowest BCUT2D eigenvalue weighted by Crippen LogP contribution is -2.31. The average Bonchev–Trinajstić information content (AvgIpc) is 2.17. The Kier molecular flexibility index (Phi) is 2.05. The van der Waals surface area contributed by atoms with Gasteiger partial charge < -0.3 is 0 Å². The fourth-order valence-corrected chi connectivity index (χ4v) is 1.03. The fraction of sp³-hybridized carbons (Fsp3) is 0.833. The summed E-state index contributed by atoms with van der Waals surface area (Å²) in [6.07, 6.45) is 2.86. The van der Waals surface area contributed by atoms with Gasteiger partial charge in [0, 0.05) is 12.5 Å². The molecule has 0 aromatic carbocycles. The maximum absolute atomic E-state index is 10.6. The second-order valence-electron chi connectivity index (χ2n) is 2.38. The molecule has 0 saturated carbocycles. The van der Waals surface area contributed by atoms with E-state index >= 15 is 0 Å². The molecule has 52 valence electrons. The van der Waals surface area contributed by atoms with Crippen LogP contribution in [-0.4, -0.2) is 11.9 Å². The molecule has 1 aliphatic heterocycles. The molecule has 1 unspecified atom stereocenters. The van der Waals surface area contributed by atoms with Crippen LogP contribution in [0.15, 0.2) is 0 Å². The van der Waals surface area contributed by atoms with Gasteiger partial charge in [0.05, 0.1) is 0 Å². The summed E-state index contributed by atoms with van der Waals surface area (Å²) in [6.45, 7) is 2.12. The smallest absolute Gasteiger partial charge is 0.235 e. The van der Waals surface area contributed by atoms with Gasteiger partial charge in [-0.3, -0.25) is 10.2 Å². The minimum absolute atomic E-state index is 0.119. The summed E-state index contributed by atoms with van der Waals surface area (Å²) in [5.74, 6) is 0.119. The van der Waals surface area contributed by atoms with E-state index in [1.54, 1.807) is 0 Å². The molecule has 3 nitrogen and oxygen atoms in total. The molecular formula is C6H12N2O. The second-order valence-corrected chi connectivity index (χ2v) is 2.38. The summed E-state index contributed by atoms with van der Waals surface area (Å²) in [5.41, 5.74) is 5.47. The van der Waals surface area contributed by atoms with Crippen molar-refractivity contribution < 1.29 is 4.79 Å². The van der Waals surface area contributed by atoms with E-state index in [9.17, 15) is 4.79 Å². The van der Waals surface area contributed by atoms with Crippen LogP contribution in [0.25, 0.3) is 0 Å². The largest absolute Gasteiger partial charge is 0.291 e. The Labute approximate surface area is 54.8 Å². The molecule has 9 heavy (non-hydrogen) atoms. The third kappa shape index (κ3) is 1.68. The lowest BCUT2D eigenvalue weighted by atomic mass is 10.1. The Bertz CT molecular complexity index is 114. The van der Waals surface area contributed by atoms with E-state index in [1.807, 2.05) is 0 Å². The number of hydrogen-bond donors (Lipinski definition) is 2. The number of rotatable bonds is 2. The minimum Gasteiger partial charge on any atom is -0.291 e. The summed E-state index contributed by atoms with van der Waals surface area (Å²) >= 11 is 0. The summed E-state index contributed by atoms with van der Waals surface area (Å²) in [7, 11) is 0. The first-order valence-electron chi connectivity index (χ1n) is 3.37. The molecule has 0 bridgehead atoms. The number of nitrogens with one attached hydrogen (secondary N) is 2. The van der Waals surface area contributed by atoms with Gasteiger partial charge in [0.25, 0.3) is 0 Å². The molecule has 2 N–H and O–H groups in total. The predicted molar refractivity (Wildman–Crippen MR) is 34.6 cm³/mol. The van der Waals surface area contributed by atoms with E-state index in [2.05, 4.69) is 17.8 Å². The van der Waals surface area contributed by atoms with Crippen LogP contribution in [-0.2, 0) is 4.79 Å². The Morgan fingerprint density at radius 2 is 2.56 bits per heavy atom. The van der Waals surface area contributed by atoms with Gasteiger partial charge in [-0.2, -0.15) is 0 Å². The predicted octanol–water partition coefficient (Wildman–Crippen LogP) is 0.180. The number of carbonyl (C=O) groups excluding carboxylic acids is 1. The van der Waals surface area contributed by atoms with Crippen molar-refractivity contribution in [3.63, 3.8) is 0 Å². The van der Waals surface area contributed by atoms with Gasteiger partial charge in [0.1, 0.15) is 0 Å². The van der Waals surface area contributed by atoms with Gasteiger partial charge in [-0.15, -0.1) is 0 Å². The SMILES string of the molecule is CCCC1CC(=O)NN1. The van der Waals surface area contributed by atoms with Crippen LogP contribution in [0.3, 0.4) is 0 Å². The fourth-order valence-electron chi connectivity index (χ4n) is 1.03. The van der Waals surface area contributed by atoms with E-state index in [1.165, 1.54) is 0 Å². The van der Waals surface area contributed by atoms with Crippen molar-refractivity contribution in [2.45, 2.75) is 32.2 Å². The van der Waals surface area contributed by atoms with Crippen molar-refractivity contribution in [2.75, 3.05) is 0 Å². The van der Waals surface area contributed by atoms with Crippen molar-refractivity contribution >= 4 is 5.91 Å². The number of hydrazine groups is 1. The van der Waals surface area contributed by atoms with Crippen LogP contribution < -0.4 is 10.9 Å². The van der Waals surface area contributed by atoms with Gasteiger partial charge in [-0.05, 0) is 6.42 Å². The molecule has 3 heteroatoms. The van der Waals surface area contributed by atoms with Gasteiger partial charge in [-0.25, -0.2) is 5.43 Å². The second kappa shape index (κ2) is 2.82. The first-order chi connectivity index (χ1) is 4.33. The highest BCUT2D eigenvalue weighted by molar-refractivity contribution is 5.77. The zero-order valence-electron chi connectivity index (χ0n) is 5.61. The lowest BCUT2D eigenvalue weighted by Gasteiger charge is -2.03. The van der Waals surface area contributed by atoms with E-state index in [0.717, 1.165) is 12.8 Å². The Hall–Kier alpha value is -0.570. The highest BCUT2D eigenvalue weighted by Gasteiger charge is 2.18. The Morgan fingerprint density at radius 1 is 1.78 bits per heavy atom. The number of amides is 1. The third-order valence-electron chi connectivity index (χ3n) is 1.48. The molecule has 1 amide bonds. The van der Waals surface area contributed by atoms with Crippen LogP contribution in [0.1, 0.15) is 26.2 Å².